The van der Waals surface area contributed by atoms with Gasteiger partial charge >= 0.3 is 0 Å². The summed E-state index contributed by atoms with van der Waals surface area (Å²) in [6, 6.07) is 2.80. The van der Waals surface area contributed by atoms with Crippen LogP contribution in [-0.2, 0) is 6.42 Å². The standard InChI is InChI=1S/C11H16N2/c1-8(2)13-5-4-10-7-12-9(3)6-11(10)13/h6-8H,4-5H2,1-3H3. The number of hydrogen-bond acceptors (Lipinski definition) is 2. The van der Waals surface area contributed by atoms with Crippen LogP contribution in [0.25, 0.3) is 0 Å². The molecule has 0 saturated carbocycles. The van der Waals surface area contributed by atoms with Gasteiger partial charge in [0, 0.05) is 30.2 Å². The molecule has 0 amide bonds. The number of hydrogen-bond donors (Lipinski definition) is 0. The number of pyridine rings is 1. The lowest BCUT2D eigenvalue weighted by Gasteiger charge is -2.23. The minimum Gasteiger partial charge on any atom is -0.368 e. The molecule has 1 aliphatic heterocycles. The van der Waals surface area contributed by atoms with E-state index < -0.39 is 0 Å². The van der Waals surface area contributed by atoms with Crippen molar-refractivity contribution in [1.29, 1.82) is 0 Å². The summed E-state index contributed by atoms with van der Waals surface area (Å²) in [6.07, 6.45) is 3.17. The summed E-state index contributed by atoms with van der Waals surface area (Å²) in [5.41, 5.74) is 3.91. The maximum absolute atomic E-state index is 4.32. The molecule has 1 aliphatic rings. The molecule has 0 fully saturated rings. The van der Waals surface area contributed by atoms with Gasteiger partial charge in [0.2, 0.25) is 0 Å². The number of aryl methyl sites for hydroxylation is 1. The molecule has 0 spiro atoms. The van der Waals surface area contributed by atoms with Crippen LogP contribution < -0.4 is 4.90 Å². The quantitative estimate of drug-likeness (QED) is 0.652. The number of fused-ring (bicyclic) bond motifs is 1. The molecule has 70 valence electrons. The van der Waals surface area contributed by atoms with Crippen LogP contribution in [0.4, 0.5) is 5.69 Å². The molecule has 2 heteroatoms. The fraction of sp³-hybridized carbons (Fsp3) is 0.545. The second kappa shape index (κ2) is 3.02. The summed E-state index contributed by atoms with van der Waals surface area (Å²) in [7, 11) is 0. The van der Waals surface area contributed by atoms with E-state index in [2.05, 4.69) is 36.7 Å². The zero-order chi connectivity index (χ0) is 9.42. The van der Waals surface area contributed by atoms with Crippen LogP contribution in [0.3, 0.4) is 0 Å². The highest BCUT2D eigenvalue weighted by Crippen LogP contribution is 2.29. The predicted octanol–water partition coefficient (Wildman–Crippen LogP) is 2.16. The lowest BCUT2D eigenvalue weighted by atomic mass is 10.2. The Hall–Kier alpha value is -1.05. The monoisotopic (exact) mass is 176 g/mol. The number of anilines is 1. The Kier molecular flexibility index (Phi) is 1.98. The van der Waals surface area contributed by atoms with Crippen LogP contribution in [0.1, 0.15) is 25.1 Å². The van der Waals surface area contributed by atoms with E-state index >= 15 is 0 Å². The van der Waals surface area contributed by atoms with Crippen LogP contribution in [0, 0.1) is 6.92 Å². The van der Waals surface area contributed by atoms with Crippen molar-refractivity contribution in [2.45, 2.75) is 33.2 Å². The van der Waals surface area contributed by atoms with Crippen LogP contribution in [-0.4, -0.2) is 17.6 Å². The van der Waals surface area contributed by atoms with Crippen molar-refractivity contribution < 1.29 is 0 Å². The molecule has 0 saturated heterocycles. The predicted molar refractivity (Wildman–Crippen MR) is 55.2 cm³/mol. The molecule has 2 nitrogen and oxygen atoms in total. The van der Waals surface area contributed by atoms with E-state index in [0.29, 0.717) is 6.04 Å². The van der Waals surface area contributed by atoms with Crippen molar-refractivity contribution >= 4 is 5.69 Å². The molecule has 13 heavy (non-hydrogen) atoms. The Morgan fingerprint density at radius 3 is 2.92 bits per heavy atom. The molecular weight excluding hydrogens is 160 g/mol. The van der Waals surface area contributed by atoms with Gasteiger partial charge in [-0.25, -0.2) is 0 Å². The van der Waals surface area contributed by atoms with Gasteiger partial charge in [0.1, 0.15) is 0 Å². The third-order valence-corrected chi connectivity index (χ3v) is 2.65. The van der Waals surface area contributed by atoms with Crippen molar-refractivity contribution in [3.63, 3.8) is 0 Å². The minimum atomic E-state index is 0.600. The first-order valence-corrected chi connectivity index (χ1v) is 4.90. The molecule has 0 N–H and O–H groups in total. The SMILES string of the molecule is Cc1cc2c(cn1)CCN2C(C)C. The lowest BCUT2D eigenvalue weighted by Crippen LogP contribution is -2.28. The molecule has 2 rings (SSSR count). The summed E-state index contributed by atoms with van der Waals surface area (Å²) in [4.78, 5) is 6.77. The topological polar surface area (TPSA) is 16.1 Å². The van der Waals surface area contributed by atoms with Gasteiger partial charge in [-0.15, -0.1) is 0 Å². The van der Waals surface area contributed by atoms with Gasteiger partial charge in [-0.1, -0.05) is 0 Å². The van der Waals surface area contributed by atoms with Gasteiger partial charge in [0.15, 0.2) is 0 Å². The van der Waals surface area contributed by atoms with E-state index in [1.54, 1.807) is 0 Å². The normalized spacial score (nSPS) is 15.2. The van der Waals surface area contributed by atoms with E-state index in [0.717, 1.165) is 18.7 Å². The first-order valence-electron chi connectivity index (χ1n) is 4.90. The van der Waals surface area contributed by atoms with E-state index in [1.807, 2.05) is 6.20 Å². The molecule has 1 aromatic heterocycles. The highest BCUT2D eigenvalue weighted by molar-refractivity contribution is 5.58. The fourth-order valence-corrected chi connectivity index (χ4v) is 1.93. The highest BCUT2D eigenvalue weighted by Gasteiger charge is 2.21. The van der Waals surface area contributed by atoms with Gasteiger partial charge in [-0.3, -0.25) is 4.98 Å². The Labute approximate surface area is 79.6 Å². The second-order valence-corrected chi connectivity index (χ2v) is 3.99. The first kappa shape index (κ1) is 8.54. The molecule has 1 aromatic rings. The smallest absolute Gasteiger partial charge is 0.0435 e. The largest absolute Gasteiger partial charge is 0.368 e. The number of rotatable bonds is 1. The van der Waals surface area contributed by atoms with Crippen molar-refractivity contribution in [1.82, 2.24) is 4.98 Å². The molecule has 2 heterocycles. The average Bonchev–Trinajstić information content (AvgIpc) is 2.46. The molecule has 0 radical (unpaired) electrons. The van der Waals surface area contributed by atoms with E-state index in [1.165, 1.54) is 11.3 Å². The van der Waals surface area contributed by atoms with E-state index in [4.69, 9.17) is 0 Å². The molecule has 0 bridgehead atoms. The number of nitrogens with zero attached hydrogens (tertiary/aromatic N) is 2. The summed E-state index contributed by atoms with van der Waals surface area (Å²) < 4.78 is 0. The third kappa shape index (κ3) is 1.41. The minimum absolute atomic E-state index is 0.600. The molecule has 0 atom stereocenters. The van der Waals surface area contributed by atoms with Gasteiger partial charge in [-0.05, 0) is 38.8 Å². The fourth-order valence-electron chi connectivity index (χ4n) is 1.93. The summed E-state index contributed by atoms with van der Waals surface area (Å²) in [5.74, 6) is 0. The molecule has 0 aromatic carbocycles. The second-order valence-electron chi connectivity index (χ2n) is 3.99. The Morgan fingerprint density at radius 2 is 2.23 bits per heavy atom. The summed E-state index contributed by atoms with van der Waals surface area (Å²) >= 11 is 0. The Morgan fingerprint density at radius 1 is 1.46 bits per heavy atom. The van der Waals surface area contributed by atoms with Gasteiger partial charge in [0.05, 0.1) is 0 Å². The van der Waals surface area contributed by atoms with Crippen molar-refractivity contribution in [2.75, 3.05) is 11.4 Å². The van der Waals surface area contributed by atoms with Gasteiger partial charge < -0.3 is 4.90 Å². The van der Waals surface area contributed by atoms with Crippen molar-refractivity contribution in [3.05, 3.63) is 23.5 Å². The highest BCUT2D eigenvalue weighted by atomic mass is 15.2. The van der Waals surface area contributed by atoms with Crippen LogP contribution in [0.5, 0.6) is 0 Å². The van der Waals surface area contributed by atoms with Crippen molar-refractivity contribution in [2.24, 2.45) is 0 Å². The third-order valence-electron chi connectivity index (χ3n) is 2.65. The molecule has 0 aliphatic carbocycles. The van der Waals surface area contributed by atoms with E-state index in [9.17, 15) is 0 Å². The summed E-state index contributed by atoms with van der Waals surface area (Å²) in [6.45, 7) is 7.69. The summed E-state index contributed by atoms with van der Waals surface area (Å²) in [5, 5.41) is 0. The van der Waals surface area contributed by atoms with Crippen molar-refractivity contribution in [3.8, 4) is 0 Å². The molecular formula is C11H16N2. The van der Waals surface area contributed by atoms with Crippen LogP contribution in [0.15, 0.2) is 12.3 Å². The average molecular weight is 176 g/mol. The Bertz CT molecular complexity index is 318. The van der Waals surface area contributed by atoms with Gasteiger partial charge in [-0.2, -0.15) is 0 Å². The van der Waals surface area contributed by atoms with Crippen LogP contribution in [0.2, 0.25) is 0 Å². The zero-order valence-electron chi connectivity index (χ0n) is 8.54. The lowest BCUT2D eigenvalue weighted by molar-refractivity contribution is 0.710. The first-order chi connectivity index (χ1) is 6.18. The zero-order valence-corrected chi connectivity index (χ0v) is 8.54. The number of aromatic nitrogens is 1. The molecule has 0 unspecified atom stereocenters. The Balaban J connectivity index is 2.40. The van der Waals surface area contributed by atoms with E-state index in [-0.39, 0.29) is 0 Å². The van der Waals surface area contributed by atoms with Gasteiger partial charge in [0.25, 0.3) is 0 Å². The van der Waals surface area contributed by atoms with Crippen LogP contribution >= 0.6 is 0 Å². The maximum Gasteiger partial charge on any atom is 0.0435 e. The maximum atomic E-state index is 4.32.